The number of nitrogens with zero attached hydrogens (tertiary/aromatic N) is 2. The third-order valence-corrected chi connectivity index (χ3v) is 7.19. The number of esters is 1. The number of carbonyl (C=O) groups excluding carboxylic acids is 1. The third kappa shape index (κ3) is 5.03. The van der Waals surface area contributed by atoms with Crippen LogP contribution in [-0.4, -0.2) is 30.4 Å². The Balaban J connectivity index is 1.93. The number of hydrogen-bond donors (Lipinski definition) is 0. The molecule has 4 rings (SSSR count). The number of carbonyl (C=O) groups is 1. The van der Waals surface area contributed by atoms with Gasteiger partial charge in [-0.25, -0.2) is 9.79 Å². The van der Waals surface area contributed by atoms with Gasteiger partial charge in [-0.15, -0.1) is 0 Å². The van der Waals surface area contributed by atoms with Gasteiger partial charge in [-0.1, -0.05) is 41.7 Å². The maximum atomic E-state index is 13.8. The summed E-state index contributed by atoms with van der Waals surface area (Å²) in [5.74, 6) is 0.798. The molecule has 3 aromatic rings. The van der Waals surface area contributed by atoms with E-state index in [-0.39, 0.29) is 12.2 Å². The average Bonchev–Trinajstić information content (AvgIpc) is 3.16. The highest BCUT2D eigenvalue weighted by Gasteiger charge is 2.33. The monoisotopic (exact) mass is 570 g/mol. The van der Waals surface area contributed by atoms with E-state index in [2.05, 4.69) is 20.9 Å². The highest BCUT2D eigenvalue weighted by atomic mass is 79.9. The van der Waals surface area contributed by atoms with E-state index >= 15 is 0 Å². The van der Waals surface area contributed by atoms with Crippen LogP contribution in [0, 0.1) is 0 Å². The molecule has 7 nitrogen and oxygen atoms in total. The Morgan fingerprint density at radius 3 is 2.44 bits per heavy atom. The molecule has 0 spiro atoms. The number of rotatable bonds is 8. The number of hydrogen-bond acceptors (Lipinski definition) is 7. The minimum atomic E-state index is -0.637. The van der Waals surface area contributed by atoms with E-state index in [1.165, 1.54) is 11.3 Å². The van der Waals surface area contributed by atoms with Gasteiger partial charge in [0.05, 0.1) is 46.1 Å². The Morgan fingerprint density at radius 1 is 1.08 bits per heavy atom. The summed E-state index contributed by atoms with van der Waals surface area (Å²) in [6.07, 6.45) is 1.79. The van der Waals surface area contributed by atoms with Gasteiger partial charge in [0, 0.05) is 11.6 Å². The van der Waals surface area contributed by atoms with Crippen LogP contribution in [-0.2, 0) is 9.53 Å². The van der Waals surface area contributed by atoms with Crippen LogP contribution in [0.5, 0.6) is 11.5 Å². The molecule has 0 unspecified atom stereocenters. The quantitative estimate of drug-likeness (QED) is 0.376. The highest BCUT2D eigenvalue weighted by molar-refractivity contribution is 9.10. The molecule has 0 fully saturated rings. The van der Waals surface area contributed by atoms with E-state index in [0.717, 1.165) is 15.6 Å². The molecule has 0 saturated heterocycles. The summed E-state index contributed by atoms with van der Waals surface area (Å²) >= 11 is 4.82. The van der Waals surface area contributed by atoms with Gasteiger partial charge in [0.2, 0.25) is 0 Å². The predicted molar refractivity (Wildman–Crippen MR) is 143 cm³/mol. The summed E-state index contributed by atoms with van der Waals surface area (Å²) < 4.78 is 19.7. The number of aromatic nitrogens is 1. The molecule has 9 heteroatoms. The number of ether oxygens (including phenoxy) is 3. The molecule has 0 radical (unpaired) electrons. The van der Waals surface area contributed by atoms with Crippen LogP contribution in [0.15, 0.2) is 68.0 Å². The first-order valence-corrected chi connectivity index (χ1v) is 13.3. The van der Waals surface area contributed by atoms with Gasteiger partial charge in [-0.3, -0.25) is 9.36 Å². The van der Waals surface area contributed by atoms with Gasteiger partial charge >= 0.3 is 5.97 Å². The molecule has 1 aromatic heterocycles. The van der Waals surface area contributed by atoms with Crippen molar-refractivity contribution in [2.45, 2.75) is 33.7 Å². The van der Waals surface area contributed by atoms with E-state index in [0.29, 0.717) is 45.3 Å². The van der Waals surface area contributed by atoms with Crippen LogP contribution in [0.25, 0.3) is 6.08 Å². The van der Waals surface area contributed by atoms with Crippen LogP contribution in [0.3, 0.4) is 0 Å². The van der Waals surface area contributed by atoms with E-state index in [9.17, 15) is 9.59 Å². The van der Waals surface area contributed by atoms with Crippen LogP contribution < -0.4 is 24.4 Å². The Hall–Kier alpha value is -3.17. The normalized spacial score (nSPS) is 15.4. The molecule has 0 bridgehead atoms. The summed E-state index contributed by atoms with van der Waals surface area (Å²) in [4.78, 5) is 31.9. The summed E-state index contributed by atoms with van der Waals surface area (Å²) in [5, 5.41) is 0. The lowest BCUT2D eigenvalue weighted by molar-refractivity contribution is -0.139. The van der Waals surface area contributed by atoms with Gasteiger partial charge in [0.15, 0.2) is 4.80 Å². The average molecular weight is 571 g/mol. The Kier molecular flexibility index (Phi) is 8.11. The first kappa shape index (κ1) is 25.9. The zero-order chi connectivity index (χ0) is 25.8. The molecule has 36 heavy (non-hydrogen) atoms. The van der Waals surface area contributed by atoms with Crippen LogP contribution in [0.4, 0.5) is 0 Å². The van der Waals surface area contributed by atoms with Gasteiger partial charge in [-0.05, 0) is 61.3 Å². The smallest absolute Gasteiger partial charge is 0.338 e. The summed E-state index contributed by atoms with van der Waals surface area (Å²) in [6, 6.07) is 12.5. The van der Waals surface area contributed by atoms with Crippen LogP contribution >= 0.6 is 27.3 Å². The van der Waals surface area contributed by atoms with Gasteiger partial charge in [-0.2, -0.15) is 0 Å². The fourth-order valence-electron chi connectivity index (χ4n) is 4.09. The number of allylic oxidation sites excluding steroid dienone is 1. The molecule has 1 aliphatic heterocycles. The fraction of sp³-hybridized carbons (Fsp3) is 0.296. The molecule has 0 saturated carbocycles. The van der Waals surface area contributed by atoms with Crippen molar-refractivity contribution in [1.29, 1.82) is 0 Å². The maximum Gasteiger partial charge on any atom is 0.338 e. The van der Waals surface area contributed by atoms with Gasteiger partial charge < -0.3 is 14.2 Å². The highest BCUT2D eigenvalue weighted by Crippen LogP contribution is 2.34. The van der Waals surface area contributed by atoms with Crippen molar-refractivity contribution in [2.75, 3.05) is 19.8 Å². The standard InChI is InChI=1S/C27H27BrN2O5S/c1-5-33-20-15-21(34-6-2)19(28)13-18(20)14-22-25(31)30-24(17-11-9-8-10-12-17)23(26(32)35-7-3)16(4)29-27(30)36-22/h8-15,24H,5-7H2,1-4H3/b22-14-/t24-/m1/s1. The SMILES string of the molecule is CCOC(=O)C1=C(C)N=c2s/c(=C\c3cc(Br)c(OCC)cc3OCC)c(=O)n2[C@@H]1c1ccccc1. The van der Waals surface area contributed by atoms with Gasteiger partial charge in [0.1, 0.15) is 11.5 Å². The molecular formula is C27H27BrN2O5S. The number of benzene rings is 2. The van der Waals surface area contributed by atoms with Crippen molar-refractivity contribution in [3.8, 4) is 11.5 Å². The molecule has 0 amide bonds. The topological polar surface area (TPSA) is 79.1 Å². The zero-order valence-electron chi connectivity index (χ0n) is 20.5. The lowest BCUT2D eigenvalue weighted by Gasteiger charge is -2.24. The second-order valence-corrected chi connectivity index (χ2v) is 9.76. The Bertz CT molecular complexity index is 1490. The lowest BCUT2D eigenvalue weighted by Crippen LogP contribution is -2.39. The van der Waals surface area contributed by atoms with Crippen molar-refractivity contribution in [2.24, 2.45) is 4.99 Å². The van der Waals surface area contributed by atoms with Crippen LogP contribution in [0.1, 0.15) is 44.9 Å². The molecule has 2 heterocycles. The lowest BCUT2D eigenvalue weighted by atomic mass is 9.96. The van der Waals surface area contributed by atoms with Crippen molar-refractivity contribution >= 4 is 39.3 Å². The van der Waals surface area contributed by atoms with Gasteiger partial charge in [0.25, 0.3) is 5.56 Å². The van der Waals surface area contributed by atoms with Crippen molar-refractivity contribution in [3.63, 3.8) is 0 Å². The molecule has 1 atom stereocenters. The molecule has 0 aliphatic carbocycles. The first-order valence-electron chi connectivity index (χ1n) is 11.7. The molecule has 2 aromatic carbocycles. The molecule has 0 N–H and O–H groups in total. The largest absolute Gasteiger partial charge is 0.493 e. The van der Waals surface area contributed by atoms with Crippen molar-refractivity contribution in [1.82, 2.24) is 4.57 Å². The van der Waals surface area contributed by atoms with Crippen molar-refractivity contribution < 1.29 is 19.0 Å². The molecule has 188 valence electrons. The third-order valence-electron chi connectivity index (χ3n) is 5.58. The number of fused-ring (bicyclic) bond motifs is 1. The zero-order valence-corrected chi connectivity index (χ0v) is 22.9. The predicted octanol–water partition coefficient (Wildman–Crippen LogP) is 4.36. The molecular weight excluding hydrogens is 544 g/mol. The van der Waals surface area contributed by atoms with E-state index in [4.69, 9.17) is 14.2 Å². The molecule has 1 aliphatic rings. The second kappa shape index (κ2) is 11.3. The van der Waals surface area contributed by atoms with Crippen molar-refractivity contribution in [3.05, 3.63) is 89.0 Å². The first-order chi connectivity index (χ1) is 17.4. The van der Waals surface area contributed by atoms with E-state index in [1.54, 1.807) is 24.5 Å². The number of thiazole rings is 1. The Labute approximate surface area is 221 Å². The Morgan fingerprint density at radius 2 is 1.78 bits per heavy atom. The maximum absolute atomic E-state index is 13.8. The van der Waals surface area contributed by atoms with E-state index in [1.807, 2.05) is 56.3 Å². The number of halogens is 1. The minimum Gasteiger partial charge on any atom is -0.493 e. The summed E-state index contributed by atoms with van der Waals surface area (Å²) in [6.45, 7) is 8.56. The fourth-order valence-corrected chi connectivity index (χ4v) is 5.61. The van der Waals surface area contributed by atoms with Crippen LogP contribution in [0.2, 0.25) is 0 Å². The minimum absolute atomic E-state index is 0.231. The second-order valence-electron chi connectivity index (χ2n) is 7.90. The van der Waals surface area contributed by atoms with E-state index < -0.39 is 12.0 Å². The summed E-state index contributed by atoms with van der Waals surface area (Å²) in [7, 11) is 0. The summed E-state index contributed by atoms with van der Waals surface area (Å²) in [5.41, 5.74) is 2.19.